The van der Waals surface area contributed by atoms with Crippen LogP contribution in [-0.4, -0.2) is 31.2 Å². The number of fused-ring (bicyclic) bond motifs is 1. The van der Waals surface area contributed by atoms with Gasteiger partial charge in [0, 0.05) is 36.8 Å². The normalized spacial score (nSPS) is 12.1. The number of aryl methyl sites for hydroxylation is 2. The molecular formula is C26H22FN5O2. The number of aromatic nitrogens is 5. The third-order valence-electron chi connectivity index (χ3n) is 5.85. The smallest absolute Gasteiger partial charge is 0.292 e. The highest BCUT2D eigenvalue weighted by Gasteiger charge is 2.25. The summed E-state index contributed by atoms with van der Waals surface area (Å²) in [4.78, 5) is 25.8. The van der Waals surface area contributed by atoms with Crippen molar-refractivity contribution >= 4 is 11.2 Å². The molecule has 0 fully saturated rings. The summed E-state index contributed by atoms with van der Waals surface area (Å²) < 4.78 is 23.7. The third kappa shape index (κ3) is 3.63. The number of ether oxygens (including phenoxy) is 1. The average Bonchev–Trinajstić information content (AvgIpc) is 3.17. The van der Waals surface area contributed by atoms with E-state index >= 15 is 4.39 Å². The van der Waals surface area contributed by atoms with Crippen molar-refractivity contribution in [1.82, 2.24) is 24.1 Å². The van der Waals surface area contributed by atoms with Gasteiger partial charge in [0.1, 0.15) is 23.4 Å². The molecule has 1 atom stereocenters. The lowest BCUT2D eigenvalue weighted by Gasteiger charge is -2.22. The molecule has 7 nitrogen and oxygen atoms in total. The summed E-state index contributed by atoms with van der Waals surface area (Å²) in [5.74, 6) is 0.517. The summed E-state index contributed by atoms with van der Waals surface area (Å²) in [5, 5.41) is 0. The Bertz CT molecular complexity index is 1560. The molecule has 0 radical (unpaired) electrons. The quantitative estimate of drug-likeness (QED) is 0.395. The summed E-state index contributed by atoms with van der Waals surface area (Å²) in [6.07, 6.45) is 5.02. The molecule has 0 amide bonds. The van der Waals surface area contributed by atoms with E-state index in [0.29, 0.717) is 17.2 Å². The first-order chi connectivity index (χ1) is 16.5. The first-order valence-electron chi connectivity index (χ1n) is 10.7. The second kappa shape index (κ2) is 8.55. The average molecular weight is 455 g/mol. The Morgan fingerprint density at radius 3 is 2.56 bits per heavy atom. The van der Waals surface area contributed by atoms with E-state index in [4.69, 9.17) is 4.74 Å². The van der Waals surface area contributed by atoms with E-state index in [9.17, 15) is 4.79 Å². The lowest BCUT2D eigenvalue weighted by atomic mass is 10.0. The van der Waals surface area contributed by atoms with E-state index in [-0.39, 0.29) is 11.3 Å². The molecule has 170 valence electrons. The van der Waals surface area contributed by atoms with Gasteiger partial charge in [0.05, 0.1) is 12.6 Å². The van der Waals surface area contributed by atoms with Crippen molar-refractivity contribution in [2.45, 2.75) is 13.0 Å². The van der Waals surface area contributed by atoms with Crippen molar-refractivity contribution in [3.8, 4) is 16.9 Å². The van der Waals surface area contributed by atoms with E-state index in [0.717, 1.165) is 22.2 Å². The fourth-order valence-corrected chi connectivity index (χ4v) is 4.22. The van der Waals surface area contributed by atoms with Crippen molar-refractivity contribution in [3.05, 3.63) is 106 Å². The monoisotopic (exact) mass is 455 g/mol. The van der Waals surface area contributed by atoms with Crippen molar-refractivity contribution in [3.63, 3.8) is 0 Å². The van der Waals surface area contributed by atoms with Crippen LogP contribution < -0.4 is 10.3 Å². The van der Waals surface area contributed by atoms with E-state index in [2.05, 4.69) is 15.0 Å². The van der Waals surface area contributed by atoms with Gasteiger partial charge in [-0.2, -0.15) is 0 Å². The zero-order chi connectivity index (χ0) is 23.8. The molecule has 0 unspecified atom stereocenters. The van der Waals surface area contributed by atoms with Gasteiger partial charge in [-0.05, 0) is 36.8 Å². The van der Waals surface area contributed by atoms with Crippen molar-refractivity contribution in [2.75, 3.05) is 7.11 Å². The summed E-state index contributed by atoms with van der Waals surface area (Å²) in [6.45, 7) is 1.87. The molecule has 0 spiro atoms. The molecule has 0 aliphatic heterocycles. The van der Waals surface area contributed by atoms with E-state index < -0.39 is 11.9 Å². The SMILES string of the molecule is COc1cc(-c2cnc3nc(C)n([C@@H](c4ccccc4)c4ncccc4F)c3c2)cn(C)c1=O. The van der Waals surface area contributed by atoms with Crippen LogP contribution in [0.4, 0.5) is 4.39 Å². The maximum atomic E-state index is 15.0. The molecule has 0 saturated carbocycles. The molecule has 34 heavy (non-hydrogen) atoms. The van der Waals surface area contributed by atoms with Gasteiger partial charge in [-0.3, -0.25) is 9.78 Å². The van der Waals surface area contributed by atoms with Crippen LogP contribution in [0.3, 0.4) is 0 Å². The highest BCUT2D eigenvalue weighted by Crippen LogP contribution is 2.33. The van der Waals surface area contributed by atoms with E-state index in [1.54, 1.807) is 37.8 Å². The van der Waals surface area contributed by atoms with Gasteiger partial charge in [0.2, 0.25) is 0 Å². The Labute approximate surface area is 195 Å². The van der Waals surface area contributed by atoms with Gasteiger partial charge in [-0.1, -0.05) is 30.3 Å². The second-order valence-corrected chi connectivity index (χ2v) is 7.99. The Morgan fingerprint density at radius 1 is 1.03 bits per heavy atom. The Kier molecular flexibility index (Phi) is 5.41. The number of pyridine rings is 3. The Morgan fingerprint density at radius 2 is 1.82 bits per heavy atom. The zero-order valence-corrected chi connectivity index (χ0v) is 18.9. The number of methoxy groups -OCH3 is 1. The predicted molar refractivity (Wildman–Crippen MR) is 127 cm³/mol. The van der Waals surface area contributed by atoms with Gasteiger partial charge in [0.25, 0.3) is 5.56 Å². The summed E-state index contributed by atoms with van der Waals surface area (Å²) in [6, 6.07) is 15.7. The number of halogens is 1. The van der Waals surface area contributed by atoms with Crippen LogP contribution in [0.1, 0.15) is 23.1 Å². The number of imidazole rings is 1. The molecule has 4 aromatic heterocycles. The zero-order valence-electron chi connectivity index (χ0n) is 18.9. The van der Waals surface area contributed by atoms with Crippen LogP contribution in [0.25, 0.3) is 22.3 Å². The number of benzene rings is 1. The first-order valence-corrected chi connectivity index (χ1v) is 10.7. The summed E-state index contributed by atoms with van der Waals surface area (Å²) in [7, 11) is 3.14. The van der Waals surface area contributed by atoms with Gasteiger partial charge < -0.3 is 13.9 Å². The van der Waals surface area contributed by atoms with Crippen LogP contribution in [0, 0.1) is 12.7 Å². The van der Waals surface area contributed by atoms with Gasteiger partial charge in [0.15, 0.2) is 11.4 Å². The number of hydrogen-bond acceptors (Lipinski definition) is 5. The maximum Gasteiger partial charge on any atom is 0.292 e. The lowest BCUT2D eigenvalue weighted by molar-refractivity contribution is 0.405. The predicted octanol–water partition coefficient (Wildman–Crippen LogP) is 4.29. The summed E-state index contributed by atoms with van der Waals surface area (Å²) >= 11 is 0. The third-order valence-corrected chi connectivity index (χ3v) is 5.85. The highest BCUT2D eigenvalue weighted by molar-refractivity contribution is 5.79. The van der Waals surface area contributed by atoms with E-state index in [1.165, 1.54) is 17.7 Å². The van der Waals surface area contributed by atoms with Crippen LogP contribution in [-0.2, 0) is 7.05 Å². The van der Waals surface area contributed by atoms with Gasteiger partial charge in [-0.25, -0.2) is 14.4 Å². The molecule has 5 aromatic rings. The molecule has 0 N–H and O–H groups in total. The maximum absolute atomic E-state index is 15.0. The molecule has 5 rings (SSSR count). The van der Waals surface area contributed by atoms with Crippen molar-refractivity contribution in [2.24, 2.45) is 7.05 Å². The minimum Gasteiger partial charge on any atom is -0.491 e. The van der Waals surface area contributed by atoms with Crippen LogP contribution in [0.2, 0.25) is 0 Å². The molecule has 0 aliphatic carbocycles. The topological polar surface area (TPSA) is 74.8 Å². The highest BCUT2D eigenvalue weighted by atomic mass is 19.1. The van der Waals surface area contributed by atoms with E-state index in [1.807, 2.05) is 47.9 Å². The molecule has 1 aromatic carbocycles. The largest absolute Gasteiger partial charge is 0.491 e. The number of rotatable bonds is 5. The minimum atomic E-state index is -0.542. The van der Waals surface area contributed by atoms with Gasteiger partial charge >= 0.3 is 0 Å². The fourth-order valence-electron chi connectivity index (χ4n) is 4.22. The molecular weight excluding hydrogens is 433 g/mol. The number of hydrogen-bond donors (Lipinski definition) is 0. The fraction of sp³-hybridized carbons (Fsp3) is 0.154. The lowest BCUT2D eigenvalue weighted by Crippen LogP contribution is -2.18. The van der Waals surface area contributed by atoms with Crippen molar-refractivity contribution in [1.29, 1.82) is 0 Å². The van der Waals surface area contributed by atoms with Gasteiger partial charge in [-0.15, -0.1) is 0 Å². The number of nitrogens with zero attached hydrogens (tertiary/aromatic N) is 5. The minimum absolute atomic E-state index is 0.226. The molecule has 0 bridgehead atoms. The van der Waals surface area contributed by atoms with Crippen molar-refractivity contribution < 1.29 is 9.13 Å². The Hall–Kier alpha value is -4.33. The van der Waals surface area contributed by atoms with Crippen LogP contribution >= 0.6 is 0 Å². The molecule has 4 heterocycles. The molecule has 0 aliphatic rings. The standard InChI is InChI=1S/C26H22FN5O2/c1-16-30-25-21(12-18(14-29-25)19-13-22(34-3)26(33)31(2)15-19)32(16)24(17-8-5-4-6-9-17)23-20(27)10-7-11-28-23/h4-15,24H,1-3H3/t24-/m0/s1. The Balaban J connectivity index is 1.76. The molecule has 8 heteroatoms. The summed E-state index contributed by atoms with van der Waals surface area (Å²) in [5.41, 5.74) is 3.74. The van der Waals surface area contributed by atoms with Crippen LogP contribution in [0.15, 0.2) is 78.0 Å². The first kappa shape index (κ1) is 21.5. The molecule has 0 saturated heterocycles. The second-order valence-electron chi connectivity index (χ2n) is 7.99. The van der Waals surface area contributed by atoms with Crippen LogP contribution in [0.5, 0.6) is 5.75 Å².